The molecule has 25 heavy (non-hydrogen) atoms. The van der Waals surface area contributed by atoms with Crippen LogP contribution in [0.2, 0.25) is 0 Å². The van der Waals surface area contributed by atoms with Crippen LogP contribution in [0, 0.1) is 5.82 Å². The van der Waals surface area contributed by atoms with E-state index in [0.717, 1.165) is 0 Å². The van der Waals surface area contributed by atoms with Crippen molar-refractivity contribution in [2.24, 2.45) is 0 Å². The van der Waals surface area contributed by atoms with Gasteiger partial charge in [0.05, 0.1) is 6.61 Å². The normalized spacial score (nSPS) is 14.5. The summed E-state index contributed by atoms with van der Waals surface area (Å²) in [5.74, 6) is -0.936. The van der Waals surface area contributed by atoms with Gasteiger partial charge in [-0.2, -0.15) is 0 Å². The third-order valence-corrected chi connectivity index (χ3v) is 3.77. The van der Waals surface area contributed by atoms with Gasteiger partial charge >= 0.3 is 17.9 Å². The van der Waals surface area contributed by atoms with E-state index in [2.05, 4.69) is 10.2 Å². The smallest absolute Gasteiger partial charge is 0.409 e. The van der Waals surface area contributed by atoms with Gasteiger partial charge in [-0.15, -0.1) is 10.2 Å². The highest BCUT2D eigenvalue weighted by atomic mass is 19.1. The molecule has 2 amide bonds. The van der Waals surface area contributed by atoms with E-state index in [0.29, 0.717) is 38.3 Å². The van der Waals surface area contributed by atoms with Crippen LogP contribution in [0.4, 0.5) is 9.18 Å². The maximum absolute atomic E-state index is 13.3. The van der Waals surface area contributed by atoms with Crippen LogP contribution in [0.5, 0.6) is 0 Å². The summed E-state index contributed by atoms with van der Waals surface area (Å²) in [6.07, 6.45) is -0.388. The lowest BCUT2D eigenvalue weighted by molar-refractivity contribution is 0.0540. The minimum absolute atomic E-state index is 0.0769. The molecule has 0 bridgehead atoms. The second-order valence-electron chi connectivity index (χ2n) is 5.40. The molecule has 2 aromatic rings. The number of carbonyl (C=O) groups excluding carboxylic acids is 2. The van der Waals surface area contributed by atoms with Gasteiger partial charge in [0.2, 0.25) is 5.89 Å². The van der Waals surface area contributed by atoms with E-state index in [9.17, 15) is 14.0 Å². The number of halogens is 1. The van der Waals surface area contributed by atoms with Gasteiger partial charge in [-0.25, -0.2) is 9.18 Å². The lowest BCUT2D eigenvalue weighted by Crippen LogP contribution is -2.50. The highest BCUT2D eigenvalue weighted by Gasteiger charge is 2.28. The van der Waals surface area contributed by atoms with E-state index in [1.807, 2.05) is 0 Å². The zero-order valence-corrected chi connectivity index (χ0v) is 13.6. The Labute approximate surface area is 143 Å². The van der Waals surface area contributed by atoms with Crippen molar-refractivity contribution in [1.82, 2.24) is 20.0 Å². The largest absolute Gasteiger partial charge is 0.450 e. The Morgan fingerprint density at radius 3 is 2.60 bits per heavy atom. The first-order chi connectivity index (χ1) is 12.1. The Morgan fingerprint density at radius 2 is 1.92 bits per heavy atom. The Hall–Kier alpha value is -2.97. The molecule has 2 heterocycles. The van der Waals surface area contributed by atoms with Crippen LogP contribution in [-0.4, -0.2) is 64.8 Å². The molecular weight excluding hydrogens is 331 g/mol. The average Bonchev–Trinajstić information content (AvgIpc) is 3.11. The molecule has 3 rings (SSSR count). The van der Waals surface area contributed by atoms with E-state index in [4.69, 9.17) is 9.15 Å². The van der Waals surface area contributed by atoms with Gasteiger partial charge < -0.3 is 19.0 Å². The summed E-state index contributed by atoms with van der Waals surface area (Å²) in [5, 5.41) is 7.54. The molecule has 0 spiro atoms. The van der Waals surface area contributed by atoms with Gasteiger partial charge in [-0.05, 0) is 25.1 Å². The number of amides is 2. The van der Waals surface area contributed by atoms with Gasteiger partial charge in [-0.3, -0.25) is 4.79 Å². The Morgan fingerprint density at radius 1 is 1.20 bits per heavy atom. The van der Waals surface area contributed by atoms with Crippen molar-refractivity contribution in [3.8, 4) is 11.5 Å². The first kappa shape index (κ1) is 16.9. The number of hydrogen-bond acceptors (Lipinski definition) is 6. The lowest BCUT2D eigenvalue weighted by atomic mass is 10.2. The monoisotopic (exact) mass is 348 g/mol. The molecule has 1 saturated heterocycles. The maximum atomic E-state index is 13.3. The number of rotatable bonds is 3. The summed E-state index contributed by atoms with van der Waals surface area (Å²) in [4.78, 5) is 27.2. The maximum Gasteiger partial charge on any atom is 0.409 e. The molecule has 8 nitrogen and oxygen atoms in total. The number of nitrogens with zero attached hydrogens (tertiary/aromatic N) is 4. The van der Waals surface area contributed by atoms with Crippen molar-refractivity contribution in [2.75, 3.05) is 32.8 Å². The van der Waals surface area contributed by atoms with Crippen LogP contribution in [0.1, 0.15) is 17.6 Å². The van der Waals surface area contributed by atoms with Gasteiger partial charge in [0.25, 0.3) is 0 Å². The van der Waals surface area contributed by atoms with E-state index in [1.54, 1.807) is 17.9 Å². The van der Waals surface area contributed by atoms with Crippen LogP contribution in [0.15, 0.2) is 28.7 Å². The molecule has 0 aliphatic carbocycles. The first-order valence-electron chi connectivity index (χ1n) is 7.89. The second-order valence-corrected chi connectivity index (χ2v) is 5.40. The SMILES string of the molecule is CCOC(=O)N1CCN(C(=O)c2nnc(-c3cccc(F)c3)o2)CC1. The summed E-state index contributed by atoms with van der Waals surface area (Å²) in [5.41, 5.74) is 0.402. The molecule has 132 valence electrons. The van der Waals surface area contributed by atoms with Crippen molar-refractivity contribution in [3.63, 3.8) is 0 Å². The molecule has 1 fully saturated rings. The van der Waals surface area contributed by atoms with Crippen LogP contribution >= 0.6 is 0 Å². The zero-order chi connectivity index (χ0) is 17.8. The van der Waals surface area contributed by atoms with Gasteiger partial charge in [-0.1, -0.05) is 6.07 Å². The molecule has 1 aromatic heterocycles. The van der Waals surface area contributed by atoms with Gasteiger partial charge in [0.15, 0.2) is 0 Å². The van der Waals surface area contributed by atoms with Crippen LogP contribution in [0.3, 0.4) is 0 Å². The van der Waals surface area contributed by atoms with E-state index >= 15 is 0 Å². The fourth-order valence-corrected chi connectivity index (χ4v) is 2.49. The number of hydrogen-bond donors (Lipinski definition) is 0. The molecule has 1 aliphatic rings. The predicted molar refractivity (Wildman–Crippen MR) is 84.2 cm³/mol. The van der Waals surface area contributed by atoms with Crippen LogP contribution in [0.25, 0.3) is 11.5 Å². The zero-order valence-electron chi connectivity index (χ0n) is 13.6. The molecule has 0 unspecified atom stereocenters. The van der Waals surface area contributed by atoms with Crippen molar-refractivity contribution >= 4 is 12.0 Å². The average molecular weight is 348 g/mol. The van der Waals surface area contributed by atoms with Crippen molar-refractivity contribution in [2.45, 2.75) is 6.92 Å². The van der Waals surface area contributed by atoms with Crippen LogP contribution in [-0.2, 0) is 4.74 Å². The fraction of sp³-hybridized carbons (Fsp3) is 0.375. The van der Waals surface area contributed by atoms with Gasteiger partial charge in [0.1, 0.15) is 5.82 Å². The Bertz CT molecular complexity index is 771. The van der Waals surface area contributed by atoms with Crippen LogP contribution < -0.4 is 0 Å². The molecular formula is C16H17FN4O4. The Kier molecular flexibility index (Phi) is 4.92. The minimum atomic E-state index is -0.432. The third kappa shape index (κ3) is 3.76. The van der Waals surface area contributed by atoms with E-state index in [1.165, 1.54) is 23.1 Å². The first-order valence-corrected chi connectivity index (χ1v) is 7.89. The molecule has 0 atom stereocenters. The summed E-state index contributed by atoms with van der Waals surface area (Å²) >= 11 is 0. The van der Waals surface area contributed by atoms with Gasteiger partial charge in [0, 0.05) is 31.7 Å². The van der Waals surface area contributed by atoms with E-state index < -0.39 is 11.7 Å². The number of benzene rings is 1. The van der Waals surface area contributed by atoms with Crippen molar-refractivity contribution in [1.29, 1.82) is 0 Å². The highest BCUT2D eigenvalue weighted by molar-refractivity contribution is 5.90. The highest BCUT2D eigenvalue weighted by Crippen LogP contribution is 2.19. The molecule has 1 aliphatic heterocycles. The van der Waals surface area contributed by atoms with Crippen molar-refractivity contribution < 1.29 is 23.1 Å². The Balaban J connectivity index is 1.64. The topological polar surface area (TPSA) is 88.8 Å². The minimum Gasteiger partial charge on any atom is -0.450 e. The fourth-order valence-electron chi connectivity index (χ4n) is 2.49. The molecule has 9 heteroatoms. The summed E-state index contributed by atoms with van der Waals surface area (Å²) < 4.78 is 23.6. The molecule has 0 radical (unpaired) electrons. The molecule has 1 aromatic carbocycles. The quantitative estimate of drug-likeness (QED) is 0.840. The number of ether oxygens (including phenoxy) is 1. The number of aromatic nitrogens is 2. The summed E-state index contributed by atoms with van der Waals surface area (Å²) in [6, 6.07) is 5.68. The second kappa shape index (κ2) is 7.29. The van der Waals surface area contributed by atoms with Crippen molar-refractivity contribution in [3.05, 3.63) is 36.0 Å². The van der Waals surface area contributed by atoms with E-state index in [-0.39, 0.29) is 17.9 Å². The lowest BCUT2D eigenvalue weighted by Gasteiger charge is -2.33. The molecule has 0 saturated carbocycles. The third-order valence-electron chi connectivity index (χ3n) is 3.77. The predicted octanol–water partition coefficient (Wildman–Crippen LogP) is 1.79. The summed E-state index contributed by atoms with van der Waals surface area (Å²) in [7, 11) is 0. The molecule has 0 N–H and O–H groups in total. The standard InChI is InChI=1S/C16H17FN4O4/c1-2-24-16(23)21-8-6-20(7-9-21)15(22)14-19-18-13(25-14)11-4-3-5-12(17)10-11/h3-5,10H,2,6-9H2,1H3. The summed E-state index contributed by atoms with van der Waals surface area (Å²) in [6.45, 7) is 3.47. The number of piperazine rings is 1. The number of carbonyl (C=O) groups is 2.